The number of rotatable bonds is 14. The molecule has 3 atom stereocenters. The zero-order valence-electron chi connectivity index (χ0n) is 24.6. The highest BCUT2D eigenvalue weighted by molar-refractivity contribution is 6.09. The Balaban J connectivity index is 1.35. The highest BCUT2D eigenvalue weighted by Gasteiger charge is 2.37. The Bertz CT molecular complexity index is 1250. The minimum absolute atomic E-state index is 0.0111. The fraction of sp³-hybridized carbons (Fsp3) is 0.382. The number of nitrogens with two attached hydrogens (primary N) is 1. The van der Waals surface area contributed by atoms with Gasteiger partial charge in [0.2, 0.25) is 17.7 Å². The number of carbonyl (C=O) groups excluding carboxylic acids is 3. The number of amides is 3. The van der Waals surface area contributed by atoms with Gasteiger partial charge in [0.15, 0.2) is 0 Å². The lowest BCUT2D eigenvalue weighted by molar-refractivity contribution is -0.133. The molecule has 0 aliphatic carbocycles. The summed E-state index contributed by atoms with van der Waals surface area (Å²) in [6.45, 7) is 3.77. The van der Waals surface area contributed by atoms with E-state index in [1.54, 1.807) is 9.80 Å². The van der Waals surface area contributed by atoms with Crippen molar-refractivity contribution < 1.29 is 14.4 Å². The van der Waals surface area contributed by atoms with Crippen molar-refractivity contribution in [1.29, 1.82) is 0 Å². The first-order chi connectivity index (χ1) is 20.4. The summed E-state index contributed by atoms with van der Waals surface area (Å²) in [6, 6.07) is 29.2. The second-order valence-corrected chi connectivity index (χ2v) is 11.1. The number of hydrogen-bond acceptors (Lipinski definition) is 5. The van der Waals surface area contributed by atoms with Crippen molar-refractivity contribution in [2.75, 3.05) is 38.1 Å². The van der Waals surface area contributed by atoms with Crippen molar-refractivity contribution in [1.82, 2.24) is 15.5 Å². The summed E-state index contributed by atoms with van der Waals surface area (Å²) in [5.41, 5.74) is 8.91. The quantitative estimate of drug-likeness (QED) is 0.258. The molecule has 2 unspecified atom stereocenters. The maximum absolute atomic E-state index is 13.7. The molecule has 1 saturated heterocycles. The lowest BCUT2D eigenvalue weighted by Gasteiger charge is -2.30. The number of nitrogens with zero attached hydrogens (tertiary/aromatic N) is 2. The molecule has 4 rings (SSSR count). The lowest BCUT2D eigenvalue weighted by Crippen LogP contribution is -2.52. The maximum Gasteiger partial charge on any atom is 0.239 e. The summed E-state index contributed by atoms with van der Waals surface area (Å²) in [4.78, 5) is 43.1. The van der Waals surface area contributed by atoms with Crippen LogP contribution in [-0.2, 0) is 14.4 Å². The number of hydrogen-bond donors (Lipinski definition) is 3. The van der Waals surface area contributed by atoms with Gasteiger partial charge >= 0.3 is 0 Å². The summed E-state index contributed by atoms with van der Waals surface area (Å²) in [5.74, 6) is -1.13. The highest BCUT2D eigenvalue weighted by Crippen LogP contribution is 2.26. The van der Waals surface area contributed by atoms with E-state index in [0.717, 1.165) is 16.8 Å². The standard InChI is InChI=1S/C34H43N5O3/c1-25(23-36-32(40)29-20-22-39(33(29)41)28-17-10-5-11-18-28)37-31(19-12-21-35)34(42)38(2)24-30(26-13-6-3-7-14-26)27-15-8-4-9-16-27/h3-11,13-18,25,29-31,37H,12,19-24,35H2,1-2H3,(H,36,40)/t25?,29?,31-/m0/s1. The normalized spacial score (nSPS) is 16.3. The number of benzene rings is 3. The third kappa shape index (κ3) is 8.05. The fourth-order valence-corrected chi connectivity index (χ4v) is 5.57. The van der Waals surface area contributed by atoms with Crippen LogP contribution in [0.1, 0.15) is 43.2 Å². The van der Waals surface area contributed by atoms with Gasteiger partial charge in [-0.25, -0.2) is 0 Å². The molecule has 0 spiro atoms. The molecule has 8 nitrogen and oxygen atoms in total. The van der Waals surface area contributed by atoms with E-state index in [2.05, 4.69) is 34.9 Å². The molecule has 3 amide bonds. The van der Waals surface area contributed by atoms with Gasteiger partial charge in [-0.2, -0.15) is 0 Å². The first-order valence-corrected chi connectivity index (χ1v) is 14.8. The fourth-order valence-electron chi connectivity index (χ4n) is 5.57. The lowest BCUT2D eigenvalue weighted by atomic mass is 9.90. The van der Waals surface area contributed by atoms with E-state index >= 15 is 0 Å². The van der Waals surface area contributed by atoms with E-state index in [1.807, 2.05) is 80.7 Å². The van der Waals surface area contributed by atoms with Crippen LogP contribution in [0.4, 0.5) is 5.69 Å². The molecule has 1 fully saturated rings. The second-order valence-electron chi connectivity index (χ2n) is 11.1. The van der Waals surface area contributed by atoms with Gasteiger partial charge in [0.05, 0.1) is 6.04 Å². The van der Waals surface area contributed by atoms with Gasteiger partial charge in [0.25, 0.3) is 0 Å². The van der Waals surface area contributed by atoms with Crippen LogP contribution in [0.25, 0.3) is 0 Å². The van der Waals surface area contributed by atoms with Gasteiger partial charge in [-0.1, -0.05) is 78.9 Å². The predicted octanol–water partition coefficient (Wildman–Crippen LogP) is 3.53. The second kappa shape index (κ2) is 15.3. The Morgan fingerprint density at radius 1 is 0.952 bits per heavy atom. The van der Waals surface area contributed by atoms with Crippen LogP contribution >= 0.6 is 0 Å². The molecule has 8 heteroatoms. The predicted molar refractivity (Wildman–Crippen MR) is 167 cm³/mol. The number of anilines is 1. The number of nitrogens with one attached hydrogen (secondary N) is 2. The third-order valence-electron chi connectivity index (χ3n) is 7.89. The van der Waals surface area contributed by atoms with Gasteiger partial charge in [0.1, 0.15) is 5.92 Å². The van der Waals surface area contributed by atoms with Crippen LogP contribution in [0.2, 0.25) is 0 Å². The average molecular weight is 570 g/mol. The maximum atomic E-state index is 13.7. The summed E-state index contributed by atoms with van der Waals surface area (Å²) >= 11 is 0. The van der Waals surface area contributed by atoms with Crippen molar-refractivity contribution in [2.45, 2.75) is 44.2 Å². The third-order valence-corrected chi connectivity index (χ3v) is 7.89. The Hall–Kier alpha value is -4.01. The van der Waals surface area contributed by atoms with Gasteiger partial charge in [-0.3, -0.25) is 14.4 Å². The minimum atomic E-state index is -0.703. The molecule has 3 aromatic rings. The molecular weight excluding hydrogens is 526 g/mol. The molecule has 0 saturated carbocycles. The molecular formula is C34H43N5O3. The Morgan fingerprint density at radius 3 is 2.10 bits per heavy atom. The van der Waals surface area contributed by atoms with Crippen LogP contribution in [0.5, 0.6) is 0 Å². The first kappa shape index (κ1) is 30.9. The van der Waals surface area contributed by atoms with E-state index < -0.39 is 12.0 Å². The summed E-state index contributed by atoms with van der Waals surface area (Å²) in [7, 11) is 1.84. The van der Waals surface area contributed by atoms with Crippen molar-refractivity contribution >= 4 is 23.4 Å². The summed E-state index contributed by atoms with van der Waals surface area (Å²) < 4.78 is 0. The zero-order chi connectivity index (χ0) is 29.9. The molecule has 42 heavy (non-hydrogen) atoms. The van der Waals surface area contributed by atoms with E-state index in [4.69, 9.17) is 5.73 Å². The highest BCUT2D eigenvalue weighted by atomic mass is 16.2. The van der Waals surface area contributed by atoms with Gasteiger partial charge in [-0.15, -0.1) is 0 Å². The van der Waals surface area contributed by atoms with Crippen LogP contribution in [-0.4, -0.2) is 67.9 Å². The Labute approximate surface area is 249 Å². The van der Waals surface area contributed by atoms with E-state index in [-0.39, 0.29) is 29.7 Å². The van der Waals surface area contributed by atoms with E-state index in [1.165, 1.54) is 0 Å². The number of carbonyl (C=O) groups is 3. The van der Waals surface area contributed by atoms with Crippen molar-refractivity contribution in [2.24, 2.45) is 11.7 Å². The van der Waals surface area contributed by atoms with Crippen LogP contribution in [0, 0.1) is 5.92 Å². The SMILES string of the molecule is CC(CNC(=O)C1CCN(c2ccccc2)C1=O)N[C@@H](CCCN)C(=O)N(C)CC(c1ccccc1)c1ccccc1. The largest absolute Gasteiger partial charge is 0.354 e. The van der Waals surface area contributed by atoms with Crippen LogP contribution < -0.4 is 21.3 Å². The molecule has 1 heterocycles. The minimum Gasteiger partial charge on any atom is -0.354 e. The number of para-hydroxylation sites is 1. The average Bonchev–Trinajstić information content (AvgIpc) is 3.42. The first-order valence-electron chi connectivity index (χ1n) is 14.8. The molecule has 0 aromatic heterocycles. The van der Waals surface area contributed by atoms with Crippen LogP contribution in [0.3, 0.4) is 0 Å². The Morgan fingerprint density at radius 2 is 1.52 bits per heavy atom. The Kier molecular flexibility index (Phi) is 11.3. The summed E-state index contributed by atoms with van der Waals surface area (Å²) in [5, 5.41) is 6.35. The molecule has 0 bridgehead atoms. The molecule has 222 valence electrons. The van der Waals surface area contributed by atoms with E-state index in [9.17, 15) is 14.4 Å². The molecule has 1 aliphatic rings. The topological polar surface area (TPSA) is 108 Å². The van der Waals surface area contributed by atoms with E-state index in [0.29, 0.717) is 45.4 Å². The van der Waals surface area contributed by atoms with Gasteiger partial charge in [0, 0.05) is 44.3 Å². The van der Waals surface area contributed by atoms with Crippen molar-refractivity contribution in [3.05, 3.63) is 102 Å². The van der Waals surface area contributed by atoms with Crippen molar-refractivity contribution in [3.8, 4) is 0 Å². The smallest absolute Gasteiger partial charge is 0.239 e. The molecule has 0 radical (unpaired) electrons. The summed E-state index contributed by atoms with van der Waals surface area (Å²) in [6.07, 6.45) is 1.77. The zero-order valence-corrected chi connectivity index (χ0v) is 24.6. The number of likely N-dealkylation sites (N-methyl/N-ethyl adjacent to an activating group) is 1. The molecule has 1 aliphatic heterocycles. The molecule has 3 aromatic carbocycles. The van der Waals surface area contributed by atoms with Gasteiger partial charge in [-0.05, 0) is 56.0 Å². The molecule has 4 N–H and O–H groups in total. The van der Waals surface area contributed by atoms with Crippen LogP contribution in [0.15, 0.2) is 91.0 Å². The monoisotopic (exact) mass is 569 g/mol. The van der Waals surface area contributed by atoms with Gasteiger partial charge < -0.3 is 26.2 Å². The van der Waals surface area contributed by atoms with Crippen molar-refractivity contribution in [3.63, 3.8) is 0 Å².